The number of carbonyl (C=O) groups excluding carboxylic acids is 2. The molecule has 1 spiro atoms. The highest BCUT2D eigenvalue weighted by atomic mass is 16.5. The van der Waals surface area contributed by atoms with Gasteiger partial charge in [-0.15, -0.1) is 0 Å². The van der Waals surface area contributed by atoms with E-state index >= 15 is 0 Å². The summed E-state index contributed by atoms with van der Waals surface area (Å²) in [5.41, 5.74) is -0.538. The van der Waals surface area contributed by atoms with Gasteiger partial charge in [0.25, 0.3) is 0 Å². The van der Waals surface area contributed by atoms with Crippen molar-refractivity contribution in [2.75, 3.05) is 6.61 Å². The van der Waals surface area contributed by atoms with Crippen molar-refractivity contribution in [2.45, 2.75) is 83.5 Å². The van der Waals surface area contributed by atoms with Crippen LogP contribution in [0.25, 0.3) is 0 Å². The molecule has 5 nitrogen and oxygen atoms in total. The van der Waals surface area contributed by atoms with E-state index in [1.165, 1.54) is 0 Å². The third kappa shape index (κ3) is 3.54. The SMILES string of the molecule is CC(C)CC(=O)N1[C@H](C(=O)NC2CC2)COC12CCC(C)CC2. The molecular weight excluding hydrogens is 292 g/mol. The van der Waals surface area contributed by atoms with Crippen LogP contribution >= 0.6 is 0 Å². The minimum absolute atomic E-state index is 0.0277. The molecule has 3 aliphatic rings. The summed E-state index contributed by atoms with van der Waals surface area (Å²) >= 11 is 0. The van der Waals surface area contributed by atoms with Crippen LogP contribution in [0.15, 0.2) is 0 Å². The fourth-order valence-corrected chi connectivity index (χ4v) is 3.83. The summed E-state index contributed by atoms with van der Waals surface area (Å²) in [6, 6.07) is -0.136. The molecule has 2 saturated carbocycles. The van der Waals surface area contributed by atoms with E-state index in [-0.39, 0.29) is 17.7 Å². The monoisotopic (exact) mass is 322 g/mol. The predicted octanol–water partition coefficient (Wildman–Crippen LogP) is 2.44. The fraction of sp³-hybridized carbons (Fsp3) is 0.889. The van der Waals surface area contributed by atoms with Crippen LogP contribution in [0.1, 0.15) is 65.7 Å². The van der Waals surface area contributed by atoms with E-state index in [2.05, 4.69) is 12.2 Å². The molecule has 1 saturated heterocycles. The molecule has 3 rings (SSSR count). The Hall–Kier alpha value is -1.10. The first-order chi connectivity index (χ1) is 10.9. The van der Waals surface area contributed by atoms with Crippen LogP contribution in [0, 0.1) is 11.8 Å². The van der Waals surface area contributed by atoms with Gasteiger partial charge in [-0.3, -0.25) is 14.5 Å². The van der Waals surface area contributed by atoms with E-state index in [0.29, 0.717) is 25.0 Å². The van der Waals surface area contributed by atoms with Crippen molar-refractivity contribution in [1.82, 2.24) is 10.2 Å². The van der Waals surface area contributed by atoms with Crippen molar-refractivity contribution in [3.63, 3.8) is 0 Å². The average molecular weight is 322 g/mol. The molecule has 2 aliphatic carbocycles. The molecule has 1 heterocycles. The lowest BCUT2D eigenvalue weighted by Crippen LogP contribution is -2.57. The summed E-state index contributed by atoms with van der Waals surface area (Å²) in [5.74, 6) is 1.00. The second-order valence-electron chi connectivity index (χ2n) is 8.10. The number of ether oxygens (including phenoxy) is 1. The van der Waals surface area contributed by atoms with Gasteiger partial charge in [0.2, 0.25) is 11.8 Å². The summed E-state index contributed by atoms with van der Waals surface area (Å²) in [4.78, 5) is 27.3. The van der Waals surface area contributed by atoms with Gasteiger partial charge in [-0.25, -0.2) is 0 Å². The van der Waals surface area contributed by atoms with E-state index in [9.17, 15) is 9.59 Å². The highest BCUT2D eigenvalue weighted by molar-refractivity contribution is 5.89. The molecule has 0 aromatic rings. The molecular formula is C18H30N2O3. The smallest absolute Gasteiger partial charge is 0.245 e. The van der Waals surface area contributed by atoms with Gasteiger partial charge in [0.05, 0.1) is 6.61 Å². The van der Waals surface area contributed by atoms with Crippen LogP contribution in [0.3, 0.4) is 0 Å². The first-order valence-corrected chi connectivity index (χ1v) is 9.18. The van der Waals surface area contributed by atoms with E-state index in [4.69, 9.17) is 4.74 Å². The van der Waals surface area contributed by atoms with Crippen LogP contribution in [-0.4, -0.2) is 41.1 Å². The lowest BCUT2D eigenvalue weighted by molar-refractivity contribution is -0.162. The third-order valence-corrected chi connectivity index (χ3v) is 5.39. The molecule has 1 N–H and O–H groups in total. The van der Waals surface area contributed by atoms with Crippen LogP contribution in [0.4, 0.5) is 0 Å². The van der Waals surface area contributed by atoms with Gasteiger partial charge >= 0.3 is 0 Å². The Kier molecular flexibility index (Phi) is 4.68. The normalized spacial score (nSPS) is 34.2. The van der Waals surface area contributed by atoms with Crippen LogP contribution in [0.2, 0.25) is 0 Å². The van der Waals surface area contributed by atoms with Crippen LogP contribution in [-0.2, 0) is 14.3 Å². The molecule has 0 unspecified atom stereocenters. The Bertz CT molecular complexity index is 465. The maximum absolute atomic E-state index is 12.9. The fourth-order valence-electron chi connectivity index (χ4n) is 3.83. The molecule has 1 aliphatic heterocycles. The maximum atomic E-state index is 12.9. The largest absolute Gasteiger partial charge is 0.353 e. The molecule has 5 heteroatoms. The molecule has 0 aromatic heterocycles. The van der Waals surface area contributed by atoms with Gasteiger partial charge in [-0.1, -0.05) is 20.8 Å². The molecule has 0 aromatic carbocycles. The zero-order valence-corrected chi connectivity index (χ0v) is 14.6. The summed E-state index contributed by atoms with van der Waals surface area (Å²) in [5, 5.41) is 3.05. The van der Waals surface area contributed by atoms with E-state index < -0.39 is 11.8 Å². The molecule has 23 heavy (non-hydrogen) atoms. The van der Waals surface area contributed by atoms with Gasteiger partial charge in [0.1, 0.15) is 11.8 Å². The molecule has 3 fully saturated rings. The number of hydrogen-bond acceptors (Lipinski definition) is 3. The molecule has 130 valence electrons. The van der Waals surface area contributed by atoms with Crippen molar-refractivity contribution in [3.05, 3.63) is 0 Å². The lowest BCUT2D eigenvalue weighted by atomic mass is 9.83. The van der Waals surface area contributed by atoms with E-state index in [1.807, 2.05) is 18.7 Å². The molecule has 2 amide bonds. The number of nitrogens with zero attached hydrogens (tertiary/aromatic N) is 1. The van der Waals surface area contributed by atoms with Crippen molar-refractivity contribution < 1.29 is 14.3 Å². The van der Waals surface area contributed by atoms with Gasteiger partial charge in [0, 0.05) is 12.5 Å². The van der Waals surface area contributed by atoms with Gasteiger partial charge in [-0.2, -0.15) is 0 Å². The summed E-state index contributed by atoms with van der Waals surface area (Å²) in [7, 11) is 0. The van der Waals surface area contributed by atoms with E-state index in [1.54, 1.807) is 0 Å². The summed E-state index contributed by atoms with van der Waals surface area (Å²) in [6.07, 6.45) is 6.42. The number of amides is 2. The Balaban J connectivity index is 1.78. The maximum Gasteiger partial charge on any atom is 0.245 e. The van der Waals surface area contributed by atoms with Gasteiger partial charge in [0.15, 0.2) is 0 Å². The lowest BCUT2D eigenvalue weighted by Gasteiger charge is -2.43. The highest BCUT2D eigenvalue weighted by Gasteiger charge is 2.53. The molecule has 1 atom stereocenters. The van der Waals surface area contributed by atoms with Gasteiger partial charge < -0.3 is 10.1 Å². The van der Waals surface area contributed by atoms with Crippen molar-refractivity contribution in [1.29, 1.82) is 0 Å². The van der Waals surface area contributed by atoms with Crippen molar-refractivity contribution in [2.24, 2.45) is 11.8 Å². The number of carbonyl (C=O) groups is 2. The molecule has 0 radical (unpaired) electrons. The zero-order chi connectivity index (χ0) is 16.6. The zero-order valence-electron chi connectivity index (χ0n) is 14.6. The second kappa shape index (κ2) is 6.42. The average Bonchev–Trinajstić information content (AvgIpc) is 3.21. The predicted molar refractivity (Wildman–Crippen MR) is 87.6 cm³/mol. The quantitative estimate of drug-likeness (QED) is 0.865. The number of rotatable bonds is 4. The first-order valence-electron chi connectivity index (χ1n) is 9.18. The minimum atomic E-state index is -0.538. The van der Waals surface area contributed by atoms with Crippen molar-refractivity contribution >= 4 is 11.8 Å². The standard InChI is InChI=1S/C18H30N2O3/c1-12(2)10-16(21)20-15(17(22)19-14-4-5-14)11-23-18(20)8-6-13(3)7-9-18/h12-15H,4-11H2,1-3H3,(H,19,22)/t13?,15-,18?/m0/s1. The third-order valence-electron chi connectivity index (χ3n) is 5.39. The Morgan fingerprint density at radius 3 is 2.43 bits per heavy atom. The summed E-state index contributed by atoms with van der Waals surface area (Å²) in [6.45, 7) is 6.68. The Labute approximate surface area is 139 Å². The van der Waals surface area contributed by atoms with Crippen molar-refractivity contribution in [3.8, 4) is 0 Å². The van der Waals surface area contributed by atoms with Gasteiger partial charge in [-0.05, 0) is 50.4 Å². The topological polar surface area (TPSA) is 58.6 Å². The first kappa shape index (κ1) is 16.7. The number of hydrogen-bond donors (Lipinski definition) is 1. The molecule has 0 bridgehead atoms. The van der Waals surface area contributed by atoms with Crippen LogP contribution < -0.4 is 5.32 Å². The minimum Gasteiger partial charge on any atom is -0.353 e. The number of nitrogens with one attached hydrogen (secondary N) is 1. The Morgan fingerprint density at radius 1 is 1.22 bits per heavy atom. The van der Waals surface area contributed by atoms with Crippen LogP contribution in [0.5, 0.6) is 0 Å². The highest BCUT2D eigenvalue weighted by Crippen LogP contribution is 2.43. The second-order valence-corrected chi connectivity index (χ2v) is 8.10. The summed E-state index contributed by atoms with van der Waals surface area (Å²) < 4.78 is 6.13. The van der Waals surface area contributed by atoms with E-state index in [0.717, 1.165) is 38.5 Å². The Morgan fingerprint density at radius 2 is 1.87 bits per heavy atom.